The number of carbonyl (C=O) groups is 1. The van der Waals surface area contributed by atoms with Crippen LogP contribution in [-0.4, -0.2) is 26.2 Å². The summed E-state index contributed by atoms with van der Waals surface area (Å²) in [6.45, 7) is 3.87. The van der Waals surface area contributed by atoms with E-state index in [1.54, 1.807) is 42.5 Å². The first-order valence-electron chi connectivity index (χ1n) is 7.71. The van der Waals surface area contributed by atoms with Gasteiger partial charge in [-0.25, -0.2) is 8.42 Å². The van der Waals surface area contributed by atoms with E-state index in [9.17, 15) is 13.2 Å². The molecule has 0 aliphatic carbocycles. The summed E-state index contributed by atoms with van der Waals surface area (Å²) in [6.07, 6.45) is -0.0183. The van der Waals surface area contributed by atoms with Crippen LogP contribution in [0.25, 0.3) is 0 Å². The molecule has 2 rings (SSSR count). The molecule has 0 unspecified atom stereocenters. The molecule has 0 fully saturated rings. The number of anilines is 1. The first-order chi connectivity index (χ1) is 11.4. The summed E-state index contributed by atoms with van der Waals surface area (Å²) in [6, 6.07) is 15.1. The second-order valence-corrected chi connectivity index (χ2v) is 7.73. The number of hydrogen-bond acceptors (Lipinski definition) is 4. The minimum Gasteiger partial charge on any atom is -0.491 e. The molecule has 0 aliphatic rings. The molecular formula is C18H21NO4S. The van der Waals surface area contributed by atoms with Gasteiger partial charge in [-0.1, -0.05) is 18.2 Å². The van der Waals surface area contributed by atoms with Crippen molar-refractivity contribution < 1.29 is 17.9 Å². The van der Waals surface area contributed by atoms with Gasteiger partial charge in [0.15, 0.2) is 9.84 Å². The number of rotatable bonds is 7. The van der Waals surface area contributed by atoms with E-state index < -0.39 is 9.84 Å². The lowest BCUT2D eigenvalue weighted by molar-refractivity contribution is -0.115. The van der Waals surface area contributed by atoms with Crippen LogP contribution >= 0.6 is 0 Å². The lowest BCUT2D eigenvalue weighted by Crippen LogP contribution is -2.17. The lowest BCUT2D eigenvalue weighted by Gasteiger charge is -2.10. The molecule has 6 heteroatoms. The predicted octanol–water partition coefficient (Wildman–Crippen LogP) is 3.28. The Balaban J connectivity index is 1.89. The highest BCUT2D eigenvalue weighted by Gasteiger charge is 2.16. The number of nitrogens with one attached hydrogen (secondary N) is 1. The average molecular weight is 347 g/mol. The van der Waals surface area contributed by atoms with Crippen LogP contribution < -0.4 is 10.1 Å². The number of sulfone groups is 1. The Bertz CT molecular complexity index is 768. The van der Waals surface area contributed by atoms with Gasteiger partial charge >= 0.3 is 0 Å². The van der Waals surface area contributed by atoms with Gasteiger partial charge in [-0.2, -0.15) is 0 Å². The molecule has 0 aromatic heterocycles. The molecule has 2 aromatic rings. The molecule has 0 heterocycles. The monoisotopic (exact) mass is 347 g/mol. The zero-order valence-electron chi connectivity index (χ0n) is 13.7. The number of carbonyl (C=O) groups excluding carboxylic acids is 1. The Kier molecular flexibility index (Phi) is 5.98. The Hall–Kier alpha value is -2.34. The lowest BCUT2D eigenvalue weighted by atomic mass is 10.3. The van der Waals surface area contributed by atoms with Crippen LogP contribution in [0.4, 0.5) is 5.69 Å². The molecule has 0 saturated heterocycles. The summed E-state index contributed by atoms with van der Waals surface area (Å²) >= 11 is 0. The van der Waals surface area contributed by atoms with Crippen LogP contribution in [-0.2, 0) is 14.6 Å². The van der Waals surface area contributed by atoms with Crippen molar-refractivity contribution in [2.75, 3.05) is 11.1 Å². The summed E-state index contributed by atoms with van der Waals surface area (Å²) in [5.41, 5.74) is 0.605. The minimum atomic E-state index is -3.45. The molecule has 0 radical (unpaired) electrons. The Labute approximate surface area is 142 Å². The first kappa shape index (κ1) is 18.0. The molecule has 0 aliphatic heterocycles. The third-order valence-corrected chi connectivity index (χ3v) is 4.94. The number of benzene rings is 2. The topological polar surface area (TPSA) is 72.5 Å². The largest absolute Gasteiger partial charge is 0.491 e. The number of amides is 1. The highest BCUT2D eigenvalue weighted by Crippen LogP contribution is 2.17. The summed E-state index contributed by atoms with van der Waals surface area (Å²) in [4.78, 5) is 12.2. The standard InChI is InChI=1S/C18H21NO4S/c1-14(2)23-16-10-8-15(9-11-16)19-18(20)12-13-24(21,22)17-6-4-3-5-7-17/h3-11,14H,12-13H2,1-2H3,(H,19,20). The Morgan fingerprint density at radius 2 is 1.67 bits per heavy atom. The fourth-order valence-corrected chi connectivity index (χ4v) is 3.35. The highest BCUT2D eigenvalue weighted by molar-refractivity contribution is 7.91. The van der Waals surface area contributed by atoms with E-state index in [4.69, 9.17) is 4.74 Å². The second-order valence-electron chi connectivity index (χ2n) is 5.62. The van der Waals surface area contributed by atoms with Crippen LogP contribution in [0.5, 0.6) is 5.75 Å². The van der Waals surface area contributed by atoms with Crippen LogP contribution in [0.3, 0.4) is 0 Å². The van der Waals surface area contributed by atoms with Crippen LogP contribution in [0, 0.1) is 0 Å². The van der Waals surface area contributed by atoms with Crippen molar-refractivity contribution in [3.8, 4) is 5.75 Å². The fourth-order valence-electron chi connectivity index (χ4n) is 2.09. The molecule has 0 atom stereocenters. The van der Waals surface area contributed by atoms with Gasteiger partial charge in [0, 0.05) is 12.1 Å². The van der Waals surface area contributed by atoms with Gasteiger partial charge in [0.2, 0.25) is 5.91 Å². The van der Waals surface area contributed by atoms with E-state index in [2.05, 4.69) is 5.32 Å². The molecule has 0 spiro atoms. The molecule has 2 aromatic carbocycles. The molecule has 128 valence electrons. The summed E-state index contributed by atoms with van der Waals surface area (Å²) < 4.78 is 29.8. The maximum atomic E-state index is 12.1. The van der Waals surface area contributed by atoms with Gasteiger partial charge in [0.25, 0.3) is 0 Å². The minimum absolute atomic E-state index is 0.0774. The van der Waals surface area contributed by atoms with Crippen molar-refractivity contribution >= 4 is 21.4 Å². The van der Waals surface area contributed by atoms with Gasteiger partial charge in [0.1, 0.15) is 5.75 Å². The van der Waals surface area contributed by atoms with Gasteiger partial charge in [-0.05, 0) is 50.2 Å². The van der Waals surface area contributed by atoms with Crippen LogP contribution in [0.2, 0.25) is 0 Å². The van der Waals surface area contributed by atoms with Crippen LogP contribution in [0.1, 0.15) is 20.3 Å². The van der Waals surface area contributed by atoms with Gasteiger partial charge < -0.3 is 10.1 Å². The van der Waals surface area contributed by atoms with Gasteiger partial charge in [-0.3, -0.25) is 4.79 Å². The Morgan fingerprint density at radius 3 is 2.25 bits per heavy atom. The van der Waals surface area contributed by atoms with E-state index in [0.717, 1.165) is 5.75 Å². The number of hydrogen-bond donors (Lipinski definition) is 1. The van der Waals surface area contributed by atoms with Crippen LogP contribution in [0.15, 0.2) is 59.5 Å². The third kappa shape index (κ3) is 5.38. The van der Waals surface area contributed by atoms with E-state index in [-0.39, 0.29) is 29.1 Å². The molecule has 5 nitrogen and oxygen atoms in total. The van der Waals surface area contributed by atoms with E-state index in [0.29, 0.717) is 5.69 Å². The van der Waals surface area contributed by atoms with Crippen molar-refractivity contribution in [1.29, 1.82) is 0 Å². The van der Waals surface area contributed by atoms with Crippen molar-refractivity contribution in [3.05, 3.63) is 54.6 Å². The van der Waals surface area contributed by atoms with Crippen molar-refractivity contribution in [2.24, 2.45) is 0 Å². The van der Waals surface area contributed by atoms with E-state index in [1.165, 1.54) is 12.1 Å². The summed E-state index contributed by atoms with van der Waals surface area (Å²) in [5.74, 6) is 0.152. The van der Waals surface area contributed by atoms with E-state index >= 15 is 0 Å². The molecule has 1 amide bonds. The molecule has 0 saturated carbocycles. The summed E-state index contributed by atoms with van der Waals surface area (Å²) in [5, 5.41) is 2.69. The SMILES string of the molecule is CC(C)Oc1ccc(NC(=O)CCS(=O)(=O)c2ccccc2)cc1. The predicted molar refractivity (Wildman–Crippen MR) is 93.9 cm³/mol. The quantitative estimate of drug-likeness (QED) is 0.834. The van der Waals surface area contributed by atoms with Gasteiger partial charge in [0.05, 0.1) is 16.8 Å². The van der Waals surface area contributed by atoms with Gasteiger partial charge in [-0.15, -0.1) is 0 Å². The highest BCUT2D eigenvalue weighted by atomic mass is 32.2. The second kappa shape index (κ2) is 7.97. The summed E-state index contributed by atoms with van der Waals surface area (Å²) in [7, 11) is -3.45. The zero-order chi connectivity index (χ0) is 17.6. The fraction of sp³-hybridized carbons (Fsp3) is 0.278. The van der Waals surface area contributed by atoms with E-state index in [1.807, 2.05) is 13.8 Å². The molecule has 0 bridgehead atoms. The van der Waals surface area contributed by atoms with Crippen molar-refractivity contribution in [2.45, 2.75) is 31.3 Å². The number of ether oxygens (including phenoxy) is 1. The Morgan fingerprint density at radius 1 is 1.04 bits per heavy atom. The third-order valence-electron chi connectivity index (χ3n) is 3.21. The normalized spacial score (nSPS) is 11.3. The smallest absolute Gasteiger partial charge is 0.225 e. The average Bonchev–Trinajstić information content (AvgIpc) is 2.55. The first-order valence-corrected chi connectivity index (χ1v) is 9.36. The molecular weight excluding hydrogens is 326 g/mol. The maximum Gasteiger partial charge on any atom is 0.225 e. The molecule has 24 heavy (non-hydrogen) atoms. The zero-order valence-corrected chi connectivity index (χ0v) is 14.5. The maximum absolute atomic E-state index is 12.1. The molecule has 1 N–H and O–H groups in total. The van der Waals surface area contributed by atoms with Crippen molar-refractivity contribution in [1.82, 2.24) is 0 Å². The van der Waals surface area contributed by atoms with Crippen molar-refractivity contribution in [3.63, 3.8) is 0 Å².